The maximum Gasteiger partial charge on any atom is 0.239 e. The molecular formula is C11H19N5O. The van der Waals surface area contributed by atoms with Crippen LogP contribution in [0.15, 0.2) is 6.07 Å². The van der Waals surface area contributed by atoms with Gasteiger partial charge in [0, 0.05) is 18.3 Å². The van der Waals surface area contributed by atoms with Gasteiger partial charge in [0.1, 0.15) is 5.82 Å². The Bertz CT molecular complexity index is 397. The average molecular weight is 237 g/mol. The molecule has 0 saturated carbocycles. The highest BCUT2D eigenvalue weighted by Crippen LogP contribution is 2.28. The summed E-state index contributed by atoms with van der Waals surface area (Å²) in [6, 6.07) is 2.05. The minimum Gasteiger partial charge on any atom is -0.394 e. The number of aliphatic hydroxyl groups excluding tert-OH is 1. The molecule has 94 valence electrons. The van der Waals surface area contributed by atoms with Crippen LogP contribution in [-0.2, 0) is 0 Å². The zero-order valence-corrected chi connectivity index (χ0v) is 10.2. The van der Waals surface area contributed by atoms with E-state index in [9.17, 15) is 5.11 Å². The molecule has 6 heteroatoms. The molecule has 2 rings (SSSR count). The third-order valence-electron chi connectivity index (χ3n) is 3.33. The van der Waals surface area contributed by atoms with Gasteiger partial charge in [-0.2, -0.15) is 4.98 Å². The van der Waals surface area contributed by atoms with Crippen molar-refractivity contribution in [2.24, 2.45) is 11.8 Å². The van der Waals surface area contributed by atoms with Crippen molar-refractivity contribution in [1.29, 1.82) is 0 Å². The van der Waals surface area contributed by atoms with Crippen LogP contribution in [-0.4, -0.2) is 34.3 Å². The van der Waals surface area contributed by atoms with E-state index < -0.39 is 0 Å². The Balaban J connectivity index is 2.30. The molecule has 2 unspecified atom stereocenters. The topological polar surface area (TPSA) is 87.3 Å². The van der Waals surface area contributed by atoms with Gasteiger partial charge in [-0.05, 0) is 19.3 Å². The van der Waals surface area contributed by atoms with Crippen molar-refractivity contribution in [2.75, 3.05) is 23.5 Å². The Morgan fingerprint density at radius 1 is 1.59 bits per heavy atom. The molecule has 0 spiro atoms. The summed E-state index contributed by atoms with van der Waals surface area (Å²) >= 11 is 0. The smallest absolute Gasteiger partial charge is 0.239 e. The lowest BCUT2D eigenvalue weighted by Crippen LogP contribution is -2.36. The summed E-state index contributed by atoms with van der Waals surface area (Å²) in [4.78, 5) is 10.6. The first-order valence-electron chi connectivity index (χ1n) is 5.85. The Labute approximate surface area is 101 Å². The maximum absolute atomic E-state index is 9.44. The molecule has 0 aliphatic carbocycles. The maximum atomic E-state index is 9.44. The van der Waals surface area contributed by atoms with Crippen molar-refractivity contribution in [3.05, 3.63) is 11.8 Å². The van der Waals surface area contributed by atoms with Crippen molar-refractivity contribution in [1.82, 2.24) is 9.97 Å². The number of aliphatic hydroxyl groups is 1. The lowest BCUT2D eigenvalue weighted by Gasteiger charge is -2.26. The standard InChI is InChI=1S/C11H19N5O/c1-7-3-4-16(9(7)6-17)10-5-8(2)13-11(14-10)15-12/h5,7,9,17H,3-4,6,12H2,1-2H3,(H,13,14,15). The summed E-state index contributed by atoms with van der Waals surface area (Å²) in [7, 11) is 0. The van der Waals surface area contributed by atoms with E-state index in [1.165, 1.54) is 0 Å². The first kappa shape index (κ1) is 12.1. The second-order valence-corrected chi connectivity index (χ2v) is 4.54. The van der Waals surface area contributed by atoms with E-state index in [1.54, 1.807) is 0 Å². The van der Waals surface area contributed by atoms with Crippen molar-refractivity contribution in [3.8, 4) is 0 Å². The van der Waals surface area contributed by atoms with Crippen LogP contribution in [0.5, 0.6) is 0 Å². The summed E-state index contributed by atoms with van der Waals surface area (Å²) in [6.45, 7) is 5.11. The van der Waals surface area contributed by atoms with Crippen LogP contribution in [0.25, 0.3) is 0 Å². The van der Waals surface area contributed by atoms with Crippen LogP contribution in [0.3, 0.4) is 0 Å². The molecule has 0 radical (unpaired) electrons. The molecule has 1 aromatic rings. The van der Waals surface area contributed by atoms with E-state index in [-0.39, 0.29) is 12.6 Å². The summed E-state index contributed by atoms with van der Waals surface area (Å²) in [5, 5.41) is 9.44. The molecule has 17 heavy (non-hydrogen) atoms. The fraction of sp³-hybridized carbons (Fsp3) is 0.636. The lowest BCUT2D eigenvalue weighted by molar-refractivity contribution is 0.244. The second kappa shape index (κ2) is 4.85. The quantitative estimate of drug-likeness (QED) is 0.517. The van der Waals surface area contributed by atoms with Crippen molar-refractivity contribution in [3.63, 3.8) is 0 Å². The highest BCUT2D eigenvalue weighted by atomic mass is 16.3. The van der Waals surface area contributed by atoms with Crippen LogP contribution in [0.2, 0.25) is 0 Å². The van der Waals surface area contributed by atoms with Crippen LogP contribution in [0.4, 0.5) is 11.8 Å². The molecule has 2 heterocycles. The predicted octanol–water partition coefficient (Wildman–Crippen LogP) is 0.278. The Morgan fingerprint density at radius 2 is 2.35 bits per heavy atom. The van der Waals surface area contributed by atoms with Crippen LogP contribution in [0, 0.1) is 12.8 Å². The van der Waals surface area contributed by atoms with Gasteiger partial charge in [-0.25, -0.2) is 10.8 Å². The number of hydrogen-bond acceptors (Lipinski definition) is 6. The molecule has 1 fully saturated rings. The van der Waals surface area contributed by atoms with Crippen LogP contribution in [0.1, 0.15) is 19.0 Å². The van der Waals surface area contributed by atoms with E-state index in [0.717, 1.165) is 24.5 Å². The Kier molecular flexibility index (Phi) is 3.44. The monoisotopic (exact) mass is 237 g/mol. The molecule has 1 aromatic heterocycles. The highest BCUT2D eigenvalue weighted by Gasteiger charge is 2.31. The summed E-state index contributed by atoms with van der Waals surface area (Å²) in [5.41, 5.74) is 3.32. The van der Waals surface area contributed by atoms with E-state index in [1.807, 2.05) is 13.0 Å². The number of aryl methyl sites for hydroxylation is 1. The fourth-order valence-corrected chi connectivity index (χ4v) is 2.33. The van der Waals surface area contributed by atoms with Crippen LogP contribution >= 0.6 is 0 Å². The van der Waals surface area contributed by atoms with Gasteiger partial charge in [-0.15, -0.1) is 0 Å². The predicted molar refractivity (Wildman–Crippen MR) is 66.6 cm³/mol. The Hall–Kier alpha value is -1.40. The molecule has 0 aromatic carbocycles. The first-order chi connectivity index (χ1) is 8.15. The number of anilines is 2. The minimum absolute atomic E-state index is 0.134. The summed E-state index contributed by atoms with van der Waals surface area (Å²) in [6.07, 6.45) is 1.07. The SMILES string of the molecule is Cc1cc(N2CCC(C)C2CO)nc(NN)n1. The number of rotatable bonds is 3. The van der Waals surface area contributed by atoms with Gasteiger partial charge in [0.2, 0.25) is 5.95 Å². The van der Waals surface area contributed by atoms with Gasteiger partial charge in [-0.1, -0.05) is 6.92 Å². The van der Waals surface area contributed by atoms with Gasteiger partial charge < -0.3 is 10.0 Å². The average Bonchev–Trinajstić information content (AvgIpc) is 2.69. The molecule has 0 bridgehead atoms. The molecule has 1 saturated heterocycles. The van der Waals surface area contributed by atoms with Crippen molar-refractivity contribution in [2.45, 2.75) is 26.3 Å². The van der Waals surface area contributed by atoms with E-state index in [4.69, 9.17) is 5.84 Å². The van der Waals surface area contributed by atoms with Crippen molar-refractivity contribution >= 4 is 11.8 Å². The van der Waals surface area contributed by atoms with Gasteiger partial charge >= 0.3 is 0 Å². The number of nitrogens with two attached hydrogens (primary N) is 1. The zero-order valence-electron chi connectivity index (χ0n) is 10.2. The minimum atomic E-state index is 0.134. The molecular weight excluding hydrogens is 218 g/mol. The lowest BCUT2D eigenvalue weighted by atomic mass is 10.0. The Morgan fingerprint density at radius 3 is 3.00 bits per heavy atom. The molecule has 2 atom stereocenters. The van der Waals surface area contributed by atoms with Gasteiger partial charge in [0.15, 0.2) is 0 Å². The third-order valence-corrected chi connectivity index (χ3v) is 3.33. The second-order valence-electron chi connectivity index (χ2n) is 4.54. The number of aromatic nitrogens is 2. The van der Waals surface area contributed by atoms with E-state index in [0.29, 0.717) is 11.9 Å². The highest BCUT2D eigenvalue weighted by molar-refractivity contribution is 5.46. The van der Waals surface area contributed by atoms with E-state index >= 15 is 0 Å². The zero-order chi connectivity index (χ0) is 12.4. The number of nitrogen functional groups attached to an aromatic ring is 1. The first-order valence-corrected chi connectivity index (χ1v) is 5.85. The summed E-state index contributed by atoms with van der Waals surface area (Å²) < 4.78 is 0. The molecule has 1 aliphatic heterocycles. The van der Waals surface area contributed by atoms with Crippen LogP contribution < -0.4 is 16.2 Å². The van der Waals surface area contributed by atoms with E-state index in [2.05, 4.69) is 27.2 Å². The normalized spacial score (nSPS) is 24.1. The molecule has 4 N–H and O–H groups in total. The summed E-state index contributed by atoms with van der Waals surface area (Å²) in [5.74, 6) is 7.06. The fourth-order valence-electron chi connectivity index (χ4n) is 2.33. The number of hydrogen-bond donors (Lipinski definition) is 3. The van der Waals surface area contributed by atoms with Gasteiger partial charge in [0.05, 0.1) is 12.6 Å². The van der Waals surface area contributed by atoms with Gasteiger partial charge in [0.25, 0.3) is 0 Å². The number of nitrogens with one attached hydrogen (secondary N) is 1. The molecule has 1 aliphatic rings. The van der Waals surface area contributed by atoms with Gasteiger partial charge in [-0.3, -0.25) is 5.43 Å². The molecule has 0 amide bonds. The number of nitrogens with zero attached hydrogens (tertiary/aromatic N) is 3. The van der Waals surface area contributed by atoms with Crippen molar-refractivity contribution < 1.29 is 5.11 Å². The number of hydrazine groups is 1. The largest absolute Gasteiger partial charge is 0.394 e. The molecule has 6 nitrogen and oxygen atoms in total. The third kappa shape index (κ3) is 2.32.